The number of nitrogens with zero attached hydrogens (tertiary/aromatic N) is 1. The molecule has 0 radical (unpaired) electrons. The van der Waals surface area contributed by atoms with Crippen molar-refractivity contribution in [3.8, 4) is 0 Å². The molecule has 3 atom stereocenters. The molecule has 2 N–H and O–H groups in total. The second kappa shape index (κ2) is 5.80. The lowest BCUT2D eigenvalue weighted by Crippen LogP contribution is -2.58. The van der Waals surface area contributed by atoms with Gasteiger partial charge in [-0.15, -0.1) is 0 Å². The number of hydrogen-bond donors (Lipinski definition) is 2. The Balaban J connectivity index is 2.82. The average Bonchev–Trinajstić information content (AvgIpc) is 2.35. The van der Waals surface area contributed by atoms with E-state index >= 15 is 0 Å². The van der Waals surface area contributed by atoms with Crippen LogP contribution in [-0.4, -0.2) is 47.7 Å². The summed E-state index contributed by atoms with van der Waals surface area (Å²) >= 11 is 0. The van der Waals surface area contributed by atoms with Crippen molar-refractivity contribution < 1.29 is 9.90 Å². The Morgan fingerprint density at radius 1 is 1.47 bits per heavy atom. The van der Waals surface area contributed by atoms with Gasteiger partial charge in [0.15, 0.2) is 0 Å². The summed E-state index contributed by atoms with van der Waals surface area (Å²) in [6, 6.07) is 0.769. The number of hydrogen-bond acceptors (Lipinski definition) is 3. The third-order valence-electron chi connectivity index (χ3n) is 5.05. The predicted molar refractivity (Wildman–Crippen MR) is 78.4 cm³/mol. The van der Waals surface area contributed by atoms with Crippen LogP contribution < -0.4 is 5.32 Å². The lowest BCUT2D eigenvalue weighted by atomic mass is 9.77. The largest absolute Gasteiger partial charge is 0.480 e. The third kappa shape index (κ3) is 3.48. The van der Waals surface area contributed by atoms with Gasteiger partial charge in [0.25, 0.3) is 0 Å². The second-order valence-electron chi connectivity index (χ2n) is 7.09. The molecule has 1 saturated carbocycles. The topological polar surface area (TPSA) is 52.6 Å². The highest BCUT2D eigenvalue weighted by atomic mass is 16.4. The summed E-state index contributed by atoms with van der Waals surface area (Å²) < 4.78 is 0. The summed E-state index contributed by atoms with van der Waals surface area (Å²) in [6.07, 6.45) is 3.48. The van der Waals surface area contributed by atoms with Crippen molar-refractivity contribution in [1.29, 1.82) is 0 Å². The van der Waals surface area contributed by atoms with E-state index in [1.807, 2.05) is 0 Å². The molecule has 0 heterocycles. The molecule has 0 saturated heterocycles. The summed E-state index contributed by atoms with van der Waals surface area (Å²) in [5.41, 5.74) is -0.535. The highest BCUT2D eigenvalue weighted by molar-refractivity contribution is 5.79. The van der Waals surface area contributed by atoms with E-state index < -0.39 is 11.5 Å². The fraction of sp³-hybridized carbons (Fsp3) is 0.933. The Bertz CT molecular complexity index is 325. The number of likely N-dealkylation sites (N-methyl/N-ethyl adjacent to an activating group) is 1. The molecule has 0 aliphatic heterocycles. The van der Waals surface area contributed by atoms with Crippen molar-refractivity contribution >= 4 is 5.97 Å². The highest BCUT2D eigenvalue weighted by Gasteiger charge is 2.43. The maximum atomic E-state index is 11.6. The Kier molecular flexibility index (Phi) is 5.02. The molecule has 0 amide bonds. The molecule has 0 bridgehead atoms. The summed E-state index contributed by atoms with van der Waals surface area (Å²) in [6.45, 7) is 8.94. The fourth-order valence-electron chi connectivity index (χ4n) is 3.05. The third-order valence-corrected chi connectivity index (χ3v) is 5.05. The molecule has 1 aliphatic carbocycles. The second-order valence-corrected chi connectivity index (χ2v) is 7.09. The van der Waals surface area contributed by atoms with E-state index in [1.165, 1.54) is 0 Å². The van der Waals surface area contributed by atoms with E-state index in [-0.39, 0.29) is 5.41 Å². The molecule has 1 aliphatic rings. The van der Waals surface area contributed by atoms with E-state index in [1.54, 1.807) is 7.05 Å². The van der Waals surface area contributed by atoms with Gasteiger partial charge < -0.3 is 15.3 Å². The van der Waals surface area contributed by atoms with E-state index in [0.29, 0.717) is 18.5 Å². The summed E-state index contributed by atoms with van der Waals surface area (Å²) in [5.74, 6) is -0.712. The SMILES string of the molecule is CNC1(C(=O)O)CCCC(N(C)C(C)C(C)(C)C)C1. The van der Waals surface area contributed by atoms with Gasteiger partial charge in [-0.3, -0.25) is 4.79 Å². The molecule has 4 nitrogen and oxygen atoms in total. The van der Waals surface area contributed by atoms with Crippen LogP contribution in [0.3, 0.4) is 0 Å². The van der Waals surface area contributed by atoms with Crippen molar-refractivity contribution in [2.24, 2.45) is 5.41 Å². The number of carbonyl (C=O) groups is 1. The molecule has 19 heavy (non-hydrogen) atoms. The molecule has 4 heteroatoms. The number of carboxylic acid groups (broad SMARTS) is 1. The Morgan fingerprint density at radius 3 is 2.47 bits per heavy atom. The van der Waals surface area contributed by atoms with Gasteiger partial charge in [0, 0.05) is 12.1 Å². The number of rotatable bonds is 4. The van der Waals surface area contributed by atoms with Crippen molar-refractivity contribution in [2.75, 3.05) is 14.1 Å². The molecular weight excluding hydrogens is 240 g/mol. The van der Waals surface area contributed by atoms with Crippen LogP contribution in [0.4, 0.5) is 0 Å². The van der Waals surface area contributed by atoms with Crippen LogP contribution in [0.1, 0.15) is 53.4 Å². The zero-order chi connectivity index (χ0) is 14.8. The maximum Gasteiger partial charge on any atom is 0.323 e. The average molecular weight is 270 g/mol. The van der Waals surface area contributed by atoms with Crippen LogP contribution in [0.25, 0.3) is 0 Å². The minimum absolute atomic E-state index is 0.206. The van der Waals surface area contributed by atoms with Gasteiger partial charge in [0.05, 0.1) is 0 Å². The quantitative estimate of drug-likeness (QED) is 0.823. The van der Waals surface area contributed by atoms with E-state index in [2.05, 4.69) is 45.0 Å². The van der Waals surface area contributed by atoms with Crippen molar-refractivity contribution in [1.82, 2.24) is 10.2 Å². The molecule has 1 fully saturated rings. The Morgan fingerprint density at radius 2 is 2.05 bits per heavy atom. The Labute approximate surface area is 117 Å². The van der Waals surface area contributed by atoms with Gasteiger partial charge in [0.1, 0.15) is 5.54 Å². The zero-order valence-electron chi connectivity index (χ0n) is 13.3. The van der Waals surface area contributed by atoms with Crippen LogP contribution in [-0.2, 0) is 4.79 Å². The van der Waals surface area contributed by atoms with Crippen molar-refractivity contribution in [3.63, 3.8) is 0 Å². The van der Waals surface area contributed by atoms with Crippen LogP contribution >= 0.6 is 0 Å². The molecule has 3 unspecified atom stereocenters. The molecule has 0 aromatic heterocycles. The number of carboxylic acids is 1. The maximum absolute atomic E-state index is 11.6. The monoisotopic (exact) mass is 270 g/mol. The fourth-order valence-corrected chi connectivity index (χ4v) is 3.05. The molecule has 0 spiro atoms. The molecular formula is C15H30N2O2. The minimum Gasteiger partial charge on any atom is -0.480 e. The van der Waals surface area contributed by atoms with Crippen LogP contribution in [0, 0.1) is 5.41 Å². The molecule has 112 valence electrons. The van der Waals surface area contributed by atoms with Crippen molar-refractivity contribution in [3.05, 3.63) is 0 Å². The van der Waals surface area contributed by atoms with Crippen LogP contribution in [0.15, 0.2) is 0 Å². The highest BCUT2D eigenvalue weighted by Crippen LogP contribution is 2.34. The number of aliphatic carboxylic acids is 1. The van der Waals surface area contributed by atoms with Gasteiger partial charge in [-0.2, -0.15) is 0 Å². The van der Waals surface area contributed by atoms with Gasteiger partial charge in [-0.1, -0.05) is 20.8 Å². The lowest BCUT2D eigenvalue weighted by molar-refractivity contribution is -0.147. The van der Waals surface area contributed by atoms with Gasteiger partial charge in [0.2, 0.25) is 0 Å². The standard InChI is InChI=1S/C15H30N2O2/c1-11(14(2,3)4)17(6)12-8-7-9-15(10-12,16-5)13(18)19/h11-12,16H,7-10H2,1-6H3,(H,18,19). The van der Waals surface area contributed by atoms with E-state index in [9.17, 15) is 9.90 Å². The summed E-state index contributed by atoms with van der Waals surface area (Å²) in [5, 5.41) is 12.6. The van der Waals surface area contributed by atoms with Gasteiger partial charge in [-0.25, -0.2) is 0 Å². The first-order valence-electron chi connectivity index (χ1n) is 7.28. The first-order valence-corrected chi connectivity index (χ1v) is 7.28. The zero-order valence-corrected chi connectivity index (χ0v) is 13.3. The van der Waals surface area contributed by atoms with Gasteiger partial charge in [-0.05, 0) is 52.1 Å². The molecule has 1 rings (SSSR count). The first kappa shape index (κ1) is 16.4. The molecule has 0 aromatic rings. The molecule has 0 aromatic carbocycles. The normalized spacial score (nSPS) is 30.4. The van der Waals surface area contributed by atoms with Gasteiger partial charge >= 0.3 is 5.97 Å². The predicted octanol–water partition coefficient (Wildman–Crippen LogP) is 2.34. The minimum atomic E-state index is -0.741. The van der Waals surface area contributed by atoms with E-state index in [0.717, 1.165) is 19.3 Å². The lowest BCUT2D eigenvalue weighted by Gasteiger charge is -2.46. The summed E-state index contributed by atoms with van der Waals surface area (Å²) in [7, 11) is 3.90. The van der Waals surface area contributed by atoms with E-state index in [4.69, 9.17) is 0 Å². The summed E-state index contributed by atoms with van der Waals surface area (Å²) in [4.78, 5) is 13.9. The first-order chi connectivity index (χ1) is 8.64. The van der Waals surface area contributed by atoms with Crippen LogP contribution in [0.5, 0.6) is 0 Å². The Hall–Kier alpha value is -0.610. The number of nitrogens with one attached hydrogen (secondary N) is 1. The smallest absolute Gasteiger partial charge is 0.323 e. The van der Waals surface area contributed by atoms with Crippen molar-refractivity contribution in [2.45, 2.75) is 71.0 Å². The van der Waals surface area contributed by atoms with Crippen LogP contribution in [0.2, 0.25) is 0 Å².